The van der Waals surface area contributed by atoms with Gasteiger partial charge in [0.05, 0.1) is 0 Å². The van der Waals surface area contributed by atoms with Gasteiger partial charge in [-0.05, 0) is 59.2 Å². The van der Waals surface area contributed by atoms with Gasteiger partial charge in [0.1, 0.15) is 18.3 Å². The van der Waals surface area contributed by atoms with Crippen molar-refractivity contribution in [2.45, 2.75) is 6.92 Å². The van der Waals surface area contributed by atoms with Crippen LogP contribution in [0.15, 0.2) is 91.9 Å². The van der Waals surface area contributed by atoms with Crippen LogP contribution in [-0.2, 0) is 14.3 Å². The highest BCUT2D eigenvalue weighted by atomic mass is 19.1. The molecule has 6 heteroatoms. The van der Waals surface area contributed by atoms with E-state index in [-0.39, 0.29) is 11.3 Å². The molecule has 0 heterocycles. The van der Waals surface area contributed by atoms with Gasteiger partial charge in [0.2, 0.25) is 0 Å². The quantitative estimate of drug-likeness (QED) is 0.213. The van der Waals surface area contributed by atoms with Crippen molar-refractivity contribution in [2.24, 2.45) is 0 Å². The Morgan fingerprint density at radius 3 is 2.32 bits per heavy atom. The van der Waals surface area contributed by atoms with E-state index in [0.717, 1.165) is 34.9 Å². The first-order chi connectivity index (χ1) is 14.9. The molecule has 0 aliphatic heterocycles. The molecule has 31 heavy (non-hydrogen) atoms. The minimum absolute atomic E-state index is 0.0131. The Labute approximate surface area is 178 Å². The van der Waals surface area contributed by atoms with Gasteiger partial charge in [0.25, 0.3) is 0 Å². The van der Waals surface area contributed by atoms with Crippen LogP contribution in [0.2, 0.25) is 0 Å². The molecule has 0 amide bonds. The standard InChI is InChI=1S/C25H19FO5/c1-4-24(27)31-21-9-7-18-13-17(5-6-19(18)14-21)20-8-10-23(22(26)15-20)29-11-12-30-25(28)16(2)3/h4-15H,1-2H2,3H3. The second-order valence-corrected chi connectivity index (χ2v) is 6.57. The zero-order valence-corrected chi connectivity index (χ0v) is 16.8. The number of carbonyl (C=O) groups is 2. The Balaban J connectivity index is 1.75. The lowest BCUT2D eigenvalue weighted by molar-refractivity contribution is -0.133. The van der Waals surface area contributed by atoms with Crippen molar-refractivity contribution in [3.05, 3.63) is 97.7 Å². The SMILES string of the molecule is C=CC(=O)Oc1ccc2cc(-c3ccc(OC=COC(=O)C(=C)C)c(F)c3)ccc2c1. The van der Waals surface area contributed by atoms with E-state index >= 15 is 0 Å². The second-order valence-electron chi connectivity index (χ2n) is 6.57. The van der Waals surface area contributed by atoms with E-state index in [1.807, 2.05) is 24.3 Å². The number of rotatable bonds is 7. The normalized spacial score (nSPS) is 10.6. The number of ether oxygens (including phenoxy) is 3. The molecule has 0 saturated heterocycles. The van der Waals surface area contributed by atoms with Gasteiger partial charge >= 0.3 is 11.9 Å². The van der Waals surface area contributed by atoms with Crippen LogP contribution in [-0.4, -0.2) is 11.9 Å². The molecule has 156 valence electrons. The fraction of sp³-hybridized carbons (Fsp3) is 0.0400. The summed E-state index contributed by atoms with van der Waals surface area (Å²) >= 11 is 0. The highest BCUT2D eigenvalue weighted by Crippen LogP contribution is 2.30. The Bertz CT molecular complexity index is 1210. The van der Waals surface area contributed by atoms with E-state index < -0.39 is 17.8 Å². The molecule has 0 saturated carbocycles. The summed E-state index contributed by atoms with van der Waals surface area (Å²) in [5.74, 6) is -1.30. The van der Waals surface area contributed by atoms with Gasteiger partial charge in [-0.2, -0.15) is 0 Å². The fourth-order valence-electron chi connectivity index (χ4n) is 2.69. The van der Waals surface area contributed by atoms with Crippen LogP contribution < -0.4 is 9.47 Å². The predicted molar refractivity (Wildman–Crippen MR) is 116 cm³/mol. The molecule has 0 bridgehead atoms. The molecule has 0 atom stereocenters. The maximum atomic E-state index is 14.4. The third-order valence-electron chi connectivity index (χ3n) is 4.24. The smallest absolute Gasteiger partial charge is 0.338 e. The molecule has 0 aromatic heterocycles. The molecule has 0 unspecified atom stereocenters. The van der Waals surface area contributed by atoms with Crippen LogP contribution in [0.25, 0.3) is 21.9 Å². The van der Waals surface area contributed by atoms with Gasteiger partial charge < -0.3 is 14.2 Å². The number of halogens is 1. The van der Waals surface area contributed by atoms with E-state index in [0.29, 0.717) is 11.3 Å². The van der Waals surface area contributed by atoms with E-state index in [2.05, 4.69) is 13.2 Å². The summed E-state index contributed by atoms with van der Waals surface area (Å²) in [4.78, 5) is 22.6. The molecule has 3 aromatic carbocycles. The van der Waals surface area contributed by atoms with Crippen molar-refractivity contribution in [2.75, 3.05) is 0 Å². The van der Waals surface area contributed by atoms with Crippen LogP contribution in [0.5, 0.6) is 11.5 Å². The zero-order chi connectivity index (χ0) is 22.4. The van der Waals surface area contributed by atoms with E-state index in [9.17, 15) is 14.0 Å². The van der Waals surface area contributed by atoms with Gasteiger partial charge in [-0.3, -0.25) is 0 Å². The Kier molecular flexibility index (Phi) is 6.62. The van der Waals surface area contributed by atoms with Crippen molar-refractivity contribution in [3.63, 3.8) is 0 Å². The summed E-state index contributed by atoms with van der Waals surface area (Å²) in [7, 11) is 0. The maximum absolute atomic E-state index is 14.4. The first kappa shape index (κ1) is 21.5. The molecule has 5 nitrogen and oxygen atoms in total. The highest BCUT2D eigenvalue weighted by molar-refractivity contribution is 5.90. The number of fused-ring (bicyclic) bond motifs is 1. The first-order valence-corrected chi connectivity index (χ1v) is 9.23. The summed E-state index contributed by atoms with van der Waals surface area (Å²) in [6.07, 6.45) is 3.19. The number of benzene rings is 3. The number of esters is 2. The van der Waals surface area contributed by atoms with E-state index in [1.165, 1.54) is 19.1 Å². The van der Waals surface area contributed by atoms with Crippen molar-refractivity contribution >= 4 is 22.7 Å². The summed E-state index contributed by atoms with van der Waals surface area (Å²) in [5, 5.41) is 1.77. The van der Waals surface area contributed by atoms with Crippen LogP contribution in [0.1, 0.15) is 6.92 Å². The molecule has 3 rings (SSSR count). The lowest BCUT2D eigenvalue weighted by Gasteiger charge is -2.08. The predicted octanol–water partition coefficient (Wildman–Crippen LogP) is 5.71. The van der Waals surface area contributed by atoms with Gasteiger partial charge in [0, 0.05) is 11.6 Å². The summed E-state index contributed by atoms with van der Waals surface area (Å²) < 4.78 is 29.5. The zero-order valence-electron chi connectivity index (χ0n) is 16.8. The molecule has 0 fully saturated rings. The van der Waals surface area contributed by atoms with Crippen molar-refractivity contribution in [1.82, 2.24) is 0 Å². The van der Waals surface area contributed by atoms with E-state index in [4.69, 9.17) is 14.2 Å². The van der Waals surface area contributed by atoms with Crippen LogP contribution in [0.3, 0.4) is 0 Å². The average molecular weight is 418 g/mol. The van der Waals surface area contributed by atoms with Crippen LogP contribution >= 0.6 is 0 Å². The summed E-state index contributed by atoms with van der Waals surface area (Å²) in [6, 6.07) is 15.4. The van der Waals surface area contributed by atoms with Gasteiger partial charge in [0.15, 0.2) is 11.6 Å². The third kappa shape index (κ3) is 5.45. The lowest BCUT2D eigenvalue weighted by atomic mass is 10.0. The first-order valence-electron chi connectivity index (χ1n) is 9.23. The monoisotopic (exact) mass is 418 g/mol. The minimum Gasteiger partial charge on any atom is -0.459 e. The van der Waals surface area contributed by atoms with Gasteiger partial charge in [-0.25, -0.2) is 14.0 Å². The fourth-order valence-corrected chi connectivity index (χ4v) is 2.69. The number of carbonyl (C=O) groups excluding carboxylic acids is 2. The van der Waals surface area contributed by atoms with Gasteiger partial charge in [-0.1, -0.05) is 37.4 Å². The minimum atomic E-state index is -0.599. The molecular weight excluding hydrogens is 399 g/mol. The van der Waals surface area contributed by atoms with Crippen LogP contribution in [0, 0.1) is 5.82 Å². The average Bonchev–Trinajstić information content (AvgIpc) is 2.76. The second kappa shape index (κ2) is 9.54. The number of hydrogen-bond donors (Lipinski definition) is 0. The molecule has 0 radical (unpaired) electrons. The largest absolute Gasteiger partial charge is 0.459 e. The highest BCUT2D eigenvalue weighted by Gasteiger charge is 2.08. The Hall–Kier alpha value is -4.19. The molecule has 0 aliphatic carbocycles. The molecule has 0 aliphatic rings. The molecule has 0 spiro atoms. The molecule has 0 N–H and O–H groups in total. The van der Waals surface area contributed by atoms with E-state index in [1.54, 1.807) is 18.2 Å². The number of hydrogen-bond acceptors (Lipinski definition) is 5. The Morgan fingerprint density at radius 1 is 0.935 bits per heavy atom. The van der Waals surface area contributed by atoms with Crippen molar-refractivity contribution in [1.29, 1.82) is 0 Å². The topological polar surface area (TPSA) is 61.8 Å². The lowest BCUT2D eigenvalue weighted by Crippen LogP contribution is -2.02. The van der Waals surface area contributed by atoms with Crippen molar-refractivity contribution in [3.8, 4) is 22.6 Å². The molecular formula is C25H19FO5. The maximum Gasteiger partial charge on any atom is 0.338 e. The third-order valence-corrected chi connectivity index (χ3v) is 4.24. The Morgan fingerprint density at radius 2 is 1.61 bits per heavy atom. The van der Waals surface area contributed by atoms with Crippen molar-refractivity contribution < 1.29 is 28.2 Å². The van der Waals surface area contributed by atoms with Crippen LogP contribution in [0.4, 0.5) is 4.39 Å². The molecule has 3 aromatic rings. The summed E-state index contributed by atoms with van der Waals surface area (Å²) in [5.41, 5.74) is 1.70. The van der Waals surface area contributed by atoms with Gasteiger partial charge in [-0.15, -0.1) is 0 Å². The summed E-state index contributed by atoms with van der Waals surface area (Å²) in [6.45, 7) is 8.33.